The highest BCUT2D eigenvalue weighted by Crippen LogP contribution is 2.33. The third-order valence-corrected chi connectivity index (χ3v) is 3.66. The second-order valence-corrected chi connectivity index (χ2v) is 4.94. The average Bonchev–Trinajstić information content (AvgIpc) is 2.54. The number of fused-ring (bicyclic) bond motifs is 1. The summed E-state index contributed by atoms with van der Waals surface area (Å²) in [5, 5.41) is 2.33. The number of benzene rings is 2. The number of para-hydroxylation sites is 1. The Labute approximate surface area is 128 Å². The first-order chi connectivity index (χ1) is 10.2. The summed E-state index contributed by atoms with van der Waals surface area (Å²) in [6.07, 6.45) is 0. The first-order valence-electron chi connectivity index (χ1n) is 6.50. The van der Waals surface area contributed by atoms with E-state index in [4.69, 9.17) is 21.1 Å². The number of aromatic nitrogens is 1. The maximum Gasteiger partial charge on any atom is 0.137 e. The molecule has 4 heteroatoms. The van der Waals surface area contributed by atoms with E-state index in [0.717, 1.165) is 33.5 Å². The monoisotopic (exact) mass is 299 g/mol. The zero-order valence-corrected chi connectivity index (χ0v) is 12.5. The SMILES string of the molecule is COc1ccc2cc(-c3ccccc3OC)nc(Cl)c2c1. The minimum Gasteiger partial charge on any atom is -0.497 e. The Morgan fingerprint density at radius 1 is 0.952 bits per heavy atom. The molecule has 106 valence electrons. The van der Waals surface area contributed by atoms with Crippen LogP contribution in [0.15, 0.2) is 48.5 Å². The smallest absolute Gasteiger partial charge is 0.137 e. The van der Waals surface area contributed by atoms with Crippen molar-refractivity contribution in [2.75, 3.05) is 14.2 Å². The van der Waals surface area contributed by atoms with Gasteiger partial charge in [0.2, 0.25) is 0 Å². The van der Waals surface area contributed by atoms with Crippen LogP contribution in [0.1, 0.15) is 0 Å². The third kappa shape index (κ3) is 2.52. The molecule has 0 bridgehead atoms. The molecule has 0 atom stereocenters. The van der Waals surface area contributed by atoms with Crippen molar-refractivity contribution in [2.45, 2.75) is 0 Å². The van der Waals surface area contributed by atoms with E-state index in [0.29, 0.717) is 5.15 Å². The second kappa shape index (κ2) is 5.62. The summed E-state index contributed by atoms with van der Waals surface area (Å²) in [5.74, 6) is 1.53. The number of pyridine rings is 1. The molecule has 21 heavy (non-hydrogen) atoms. The largest absolute Gasteiger partial charge is 0.497 e. The molecule has 0 saturated heterocycles. The highest BCUT2D eigenvalue weighted by molar-refractivity contribution is 6.34. The van der Waals surface area contributed by atoms with Gasteiger partial charge in [-0.3, -0.25) is 0 Å². The Bertz CT molecular complexity index is 802. The van der Waals surface area contributed by atoms with Gasteiger partial charge >= 0.3 is 0 Å². The van der Waals surface area contributed by atoms with Gasteiger partial charge in [-0.2, -0.15) is 0 Å². The van der Waals surface area contributed by atoms with Gasteiger partial charge in [-0.1, -0.05) is 29.8 Å². The maximum atomic E-state index is 6.33. The van der Waals surface area contributed by atoms with Gasteiger partial charge in [0.05, 0.1) is 19.9 Å². The van der Waals surface area contributed by atoms with E-state index >= 15 is 0 Å². The molecule has 0 saturated carbocycles. The summed E-state index contributed by atoms with van der Waals surface area (Å²) in [4.78, 5) is 4.49. The van der Waals surface area contributed by atoms with Gasteiger partial charge in [-0.15, -0.1) is 0 Å². The number of ether oxygens (including phenoxy) is 2. The van der Waals surface area contributed by atoms with Crippen LogP contribution in [0.5, 0.6) is 11.5 Å². The molecule has 3 nitrogen and oxygen atoms in total. The lowest BCUT2D eigenvalue weighted by molar-refractivity contribution is 0.415. The zero-order chi connectivity index (χ0) is 14.8. The van der Waals surface area contributed by atoms with Gasteiger partial charge in [0.25, 0.3) is 0 Å². The summed E-state index contributed by atoms with van der Waals surface area (Å²) in [5.41, 5.74) is 1.70. The summed E-state index contributed by atoms with van der Waals surface area (Å²) in [6.45, 7) is 0. The molecule has 1 heterocycles. The molecule has 2 aromatic carbocycles. The van der Waals surface area contributed by atoms with Crippen molar-refractivity contribution in [3.8, 4) is 22.8 Å². The van der Waals surface area contributed by atoms with Crippen LogP contribution in [0.25, 0.3) is 22.0 Å². The van der Waals surface area contributed by atoms with Gasteiger partial charge in [0, 0.05) is 10.9 Å². The van der Waals surface area contributed by atoms with Crippen LogP contribution in [0, 0.1) is 0 Å². The van der Waals surface area contributed by atoms with E-state index in [-0.39, 0.29) is 0 Å². The lowest BCUT2D eigenvalue weighted by atomic mass is 10.1. The fourth-order valence-electron chi connectivity index (χ4n) is 2.31. The van der Waals surface area contributed by atoms with E-state index in [1.165, 1.54) is 0 Å². The Morgan fingerprint density at radius 2 is 1.76 bits per heavy atom. The van der Waals surface area contributed by atoms with Gasteiger partial charge in [-0.25, -0.2) is 4.98 Å². The highest BCUT2D eigenvalue weighted by Gasteiger charge is 2.10. The van der Waals surface area contributed by atoms with Crippen LogP contribution < -0.4 is 9.47 Å². The topological polar surface area (TPSA) is 31.4 Å². The van der Waals surface area contributed by atoms with Crippen LogP contribution in [-0.4, -0.2) is 19.2 Å². The van der Waals surface area contributed by atoms with Crippen LogP contribution in [-0.2, 0) is 0 Å². The zero-order valence-electron chi connectivity index (χ0n) is 11.8. The fourth-order valence-corrected chi connectivity index (χ4v) is 2.56. The van der Waals surface area contributed by atoms with Crippen molar-refractivity contribution in [1.82, 2.24) is 4.98 Å². The molecule has 0 amide bonds. The molecule has 3 rings (SSSR count). The van der Waals surface area contributed by atoms with E-state index in [1.54, 1.807) is 14.2 Å². The Morgan fingerprint density at radius 3 is 2.52 bits per heavy atom. The van der Waals surface area contributed by atoms with Crippen LogP contribution in [0.2, 0.25) is 5.15 Å². The molecule has 0 unspecified atom stereocenters. The van der Waals surface area contributed by atoms with E-state index in [1.807, 2.05) is 48.5 Å². The minimum absolute atomic E-state index is 0.451. The number of nitrogens with zero attached hydrogens (tertiary/aromatic N) is 1. The van der Waals surface area contributed by atoms with Gasteiger partial charge in [0.1, 0.15) is 16.7 Å². The average molecular weight is 300 g/mol. The van der Waals surface area contributed by atoms with Crippen molar-refractivity contribution >= 4 is 22.4 Å². The molecular weight excluding hydrogens is 286 g/mol. The van der Waals surface area contributed by atoms with Gasteiger partial charge in [-0.05, 0) is 35.7 Å². The maximum absolute atomic E-state index is 6.33. The third-order valence-electron chi connectivity index (χ3n) is 3.38. The van der Waals surface area contributed by atoms with Gasteiger partial charge < -0.3 is 9.47 Å². The van der Waals surface area contributed by atoms with Crippen molar-refractivity contribution in [1.29, 1.82) is 0 Å². The molecule has 0 fully saturated rings. The molecule has 3 aromatic rings. The molecule has 0 aliphatic heterocycles. The molecule has 0 aliphatic carbocycles. The van der Waals surface area contributed by atoms with Crippen molar-refractivity contribution in [3.05, 3.63) is 53.7 Å². The van der Waals surface area contributed by atoms with E-state index in [9.17, 15) is 0 Å². The molecular formula is C17H14ClNO2. The predicted octanol–water partition coefficient (Wildman–Crippen LogP) is 4.57. The van der Waals surface area contributed by atoms with Crippen LogP contribution in [0.3, 0.4) is 0 Å². The summed E-state index contributed by atoms with van der Waals surface area (Å²) >= 11 is 6.33. The Kier molecular flexibility index (Phi) is 3.67. The molecule has 0 radical (unpaired) electrons. The summed E-state index contributed by atoms with van der Waals surface area (Å²) in [6, 6.07) is 15.5. The number of methoxy groups -OCH3 is 2. The summed E-state index contributed by atoms with van der Waals surface area (Å²) in [7, 11) is 3.28. The standard InChI is InChI=1S/C17H14ClNO2/c1-20-12-8-7-11-9-15(19-17(18)14(11)10-12)13-5-3-4-6-16(13)21-2/h3-10H,1-2H3. The quantitative estimate of drug-likeness (QED) is 0.664. The number of halogens is 1. The normalized spacial score (nSPS) is 10.6. The molecule has 0 N–H and O–H groups in total. The number of rotatable bonds is 3. The van der Waals surface area contributed by atoms with E-state index in [2.05, 4.69) is 4.98 Å². The molecule has 1 aromatic heterocycles. The van der Waals surface area contributed by atoms with Crippen molar-refractivity contribution in [2.24, 2.45) is 0 Å². The second-order valence-electron chi connectivity index (χ2n) is 4.59. The number of hydrogen-bond donors (Lipinski definition) is 0. The molecule has 0 spiro atoms. The highest BCUT2D eigenvalue weighted by atomic mass is 35.5. The van der Waals surface area contributed by atoms with Crippen LogP contribution in [0.4, 0.5) is 0 Å². The van der Waals surface area contributed by atoms with Crippen molar-refractivity contribution < 1.29 is 9.47 Å². The Balaban J connectivity index is 2.21. The minimum atomic E-state index is 0.451. The molecule has 0 aliphatic rings. The lowest BCUT2D eigenvalue weighted by Gasteiger charge is -2.10. The first kappa shape index (κ1) is 13.7. The predicted molar refractivity (Wildman–Crippen MR) is 85.3 cm³/mol. The van der Waals surface area contributed by atoms with Crippen molar-refractivity contribution in [3.63, 3.8) is 0 Å². The summed E-state index contributed by atoms with van der Waals surface area (Å²) < 4.78 is 10.6. The van der Waals surface area contributed by atoms with Crippen LogP contribution >= 0.6 is 11.6 Å². The fraction of sp³-hybridized carbons (Fsp3) is 0.118. The van der Waals surface area contributed by atoms with E-state index < -0.39 is 0 Å². The first-order valence-corrected chi connectivity index (χ1v) is 6.88. The number of hydrogen-bond acceptors (Lipinski definition) is 3. The Hall–Kier alpha value is -2.26. The van der Waals surface area contributed by atoms with Gasteiger partial charge in [0.15, 0.2) is 0 Å². The lowest BCUT2D eigenvalue weighted by Crippen LogP contribution is -1.91.